The molecule has 0 saturated carbocycles. The van der Waals surface area contributed by atoms with Crippen molar-refractivity contribution in [1.82, 2.24) is 16.0 Å². The van der Waals surface area contributed by atoms with Crippen LogP contribution in [0.4, 0.5) is 0 Å². The van der Waals surface area contributed by atoms with Crippen molar-refractivity contribution >= 4 is 0 Å². The molecule has 0 saturated heterocycles. The molecule has 0 aromatic carbocycles. The van der Waals surface area contributed by atoms with Crippen molar-refractivity contribution in [2.75, 3.05) is 21.1 Å². The summed E-state index contributed by atoms with van der Waals surface area (Å²) in [7, 11) is 5.90. The van der Waals surface area contributed by atoms with E-state index in [2.05, 4.69) is 29.0 Å². The van der Waals surface area contributed by atoms with Gasteiger partial charge in [0.1, 0.15) is 0 Å². The van der Waals surface area contributed by atoms with Gasteiger partial charge in [-0.2, -0.15) is 0 Å². The minimum Gasteiger partial charge on any atom is -0.391 e. The quantitative estimate of drug-likeness (QED) is 0.555. The van der Waals surface area contributed by atoms with Gasteiger partial charge < -0.3 is 5.32 Å². The van der Waals surface area contributed by atoms with E-state index in [-0.39, 0.29) is 5.66 Å². The molecule has 0 bridgehead atoms. The van der Waals surface area contributed by atoms with Crippen LogP contribution in [0.1, 0.15) is 12.8 Å². The largest absolute Gasteiger partial charge is 0.391 e. The minimum atomic E-state index is -0.0491. The average Bonchev–Trinajstić information content (AvgIpc) is 2.19. The van der Waals surface area contributed by atoms with E-state index in [0.717, 1.165) is 12.8 Å². The number of allylic oxidation sites excluding steroid dienone is 1. The van der Waals surface area contributed by atoms with E-state index in [9.17, 15) is 0 Å². The maximum absolute atomic E-state index is 4.10. The van der Waals surface area contributed by atoms with Crippen LogP contribution in [0.3, 0.4) is 0 Å². The van der Waals surface area contributed by atoms with Crippen molar-refractivity contribution in [2.45, 2.75) is 18.5 Å². The summed E-state index contributed by atoms with van der Waals surface area (Å²) in [6, 6.07) is 0. The molecule has 75 valence electrons. The standard InChI is InChI=1S/C10H20N3/c1-8-5-6-10(12-3,13-4)7-9(8)11-2/h7-8,11-13H,1,5-6H2,2-4H3. The minimum absolute atomic E-state index is 0.0491. The lowest BCUT2D eigenvalue weighted by Gasteiger charge is -2.37. The molecule has 1 atom stereocenters. The lowest BCUT2D eigenvalue weighted by atomic mass is 9.87. The Morgan fingerprint density at radius 3 is 2.46 bits per heavy atom. The van der Waals surface area contributed by atoms with Crippen LogP contribution in [0.15, 0.2) is 11.8 Å². The van der Waals surface area contributed by atoms with Gasteiger partial charge in [-0.05, 0) is 45.9 Å². The second kappa shape index (κ2) is 4.11. The Balaban J connectivity index is 2.85. The SMILES string of the molecule is [CH2]C1CCC(NC)(NC)C=C1NC. The Labute approximate surface area is 81.0 Å². The summed E-state index contributed by atoms with van der Waals surface area (Å²) >= 11 is 0. The van der Waals surface area contributed by atoms with Crippen LogP contribution in [0, 0.1) is 12.8 Å². The van der Waals surface area contributed by atoms with Gasteiger partial charge in [0.25, 0.3) is 0 Å². The molecule has 0 heterocycles. The van der Waals surface area contributed by atoms with Crippen LogP contribution >= 0.6 is 0 Å². The van der Waals surface area contributed by atoms with Gasteiger partial charge in [0.05, 0.1) is 5.66 Å². The molecule has 1 unspecified atom stereocenters. The molecule has 0 spiro atoms. The molecule has 0 aromatic rings. The summed E-state index contributed by atoms with van der Waals surface area (Å²) in [4.78, 5) is 0. The molecule has 0 aromatic heterocycles. The predicted octanol–water partition coefficient (Wildman–Crippen LogP) is 0.469. The number of rotatable bonds is 3. The van der Waals surface area contributed by atoms with Crippen LogP contribution in [-0.2, 0) is 0 Å². The van der Waals surface area contributed by atoms with Crippen molar-refractivity contribution in [3.8, 4) is 0 Å². The molecule has 1 aliphatic carbocycles. The fourth-order valence-electron chi connectivity index (χ4n) is 1.81. The summed E-state index contributed by atoms with van der Waals surface area (Å²) in [5.74, 6) is 0.403. The van der Waals surface area contributed by atoms with Gasteiger partial charge in [0.15, 0.2) is 0 Å². The Morgan fingerprint density at radius 2 is 2.00 bits per heavy atom. The highest BCUT2D eigenvalue weighted by Gasteiger charge is 2.29. The van der Waals surface area contributed by atoms with Gasteiger partial charge in [-0.1, -0.05) is 0 Å². The molecular weight excluding hydrogens is 162 g/mol. The third kappa shape index (κ3) is 2.03. The molecule has 1 radical (unpaired) electrons. The Hall–Kier alpha value is -0.540. The molecule has 3 heteroatoms. The van der Waals surface area contributed by atoms with E-state index in [4.69, 9.17) is 0 Å². The predicted molar refractivity (Wildman–Crippen MR) is 56.1 cm³/mol. The van der Waals surface area contributed by atoms with Gasteiger partial charge in [-0.25, -0.2) is 0 Å². The fourth-order valence-corrected chi connectivity index (χ4v) is 1.81. The first-order chi connectivity index (χ1) is 6.17. The average molecular weight is 182 g/mol. The Bertz CT molecular complexity index is 194. The summed E-state index contributed by atoms with van der Waals surface area (Å²) in [6.45, 7) is 4.10. The molecule has 13 heavy (non-hydrogen) atoms. The highest BCUT2D eigenvalue weighted by atomic mass is 15.2. The van der Waals surface area contributed by atoms with Gasteiger partial charge in [-0.15, -0.1) is 0 Å². The van der Waals surface area contributed by atoms with Crippen LogP contribution in [-0.4, -0.2) is 26.8 Å². The monoisotopic (exact) mass is 182 g/mol. The topological polar surface area (TPSA) is 36.1 Å². The first kappa shape index (κ1) is 10.5. The van der Waals surface area contributed by atoms with Crippen LogP contribution in [0.2, 0.25) is 0 Å². The Kier molecular flexibility index (Phi) is 3.33. The molecule has 0 fully saturated rings. The van der Waals surface area contributed by atoms with Gasteiger partial charge in [0, 0.05) is 12.7 Å². The maximum Gasteiger partial charge on any atom is 0.0894 e. The van der Waals surface area contributed by atoms with E-state index < -0.39 is 0 Å². The van der Waals surface area contributed by atoms with Crippen molar-refractivity contribution in [1.29, 1.82) is 0 Å². The highest BCUT2D eigenvalue weighted by Crippen LogP contribution is 2.26. The molecular formula is C10H20N3. The molecule has 1 aliphatic rings. The maximum atomic E-state index is 4.10. The zero-order valence-electron chi connectivity index (χ0n) is 8.78. The summed E-state index contributed by atoms with van der Waals surface area (Å²) in [5.41, 5.74) is 1.17. The normalized spacial score (nSPS) is 26.8. The fraction of sp³-hybridized carbons (Fsp3) is 0.700. The molecule has 0 aliphatic heterocycles. The van der Waals surface area contributed by atoms with Crippen molar-refractivity contribution < 1.29 is 0 Å². The smallest absolute Gasteiger partial charge is 0.0894 e. The third-order valence-electron chi connectivity index (χ3n) is 2.91. The lowest BCUT2D eigenvalue weighted by molar-refractivity contribution is 0.304. The summed E-state index contributed by atoms with van der Waals surface area (Å²) in [5, 5.41) is 9.79. The van der Waals surface area contributed by atoms with E-state index in [1.165, 1.54) is 5.70 Å². The zero-order chi connectivity index (χ0) is 9.90. The van der Waals surface area contributed by atoms with Crippen molar-refractivity contribution in [3.05, 3.63) is 18.7 Å². The second-order valence-corrected chi connectivity index (χ2v) is 3.56. The van der Waals surface area contributed by atoms with E-state index in [1.54, 1.807) is 0 Å². The number of hydrogen-bond acceptors (Lipinski definition) is 3. The van der Waals surface area contributed by atoms with Crippen molar-refractivity contribution in [3.63, 3.8) is 0 Å². The zero-order valence-corrected chi connectivity index (χ0v) is 8.78. The molecule has 3 N–H and O–H groups in total. The van der Waals surface area contributed by atoms with Crippen LogP contribution < -0.4 is 16.0 Å². The second-order valence-electron chi connectivity index (χ2n) is 3.56. The molecule has 3 nitrogen and oxygen atoms in total. The van der Waals surface area contributed by atoms with E-state index >= 15 is 0 Å². The van der Waals surface area contributed by atoms with Crippen LogP contribution in [0.5, 0.6) is 0 Å². The molecule has 1 rings (SSSR count). The van der Waals surface area contributed by atoms with Gasteiger partial charge in [0.2, 0.25) is 0 Å². The van der Waals surface area contributed by atoms with Gasteiger partial charge in [-0.3, -0.25) is 10.6 Å². The lowest BCUT2D eigenvalue weighted by Crippen LogP contribution is -2.54. The summed E-state index contributed by atoms with van der Waals surface area (Å²) in [6.07, 6.45) is 4.39. The Morgan fingerprint density at radius 1 is 1.38 bits per heavy atom. The summed E-state index contributed by atoms with van der Waals surface area (Å²) < 4.78 is 0. The third-order valence-corrected chi connectivity index (χ3v) is 2.91. The molecule has 0 amide bonds. The van der Waals surface area contributed by atoms with E-state index in [0.29, 0.717) is 5.92 Å². The number of likely N-dealkylation sites (N-methyl/N-ethyl adjacent to an activating group) is 2. The number of nitrogens with one attached hydrogen (secondary N) is 3. The number of hydrogen-bond donors (Lipinski definition) is 3. The van der Waals surface area contributed by atoms with Gasteiger partial charge >= 0.3 is 0 Å². The first-order valence-corrected chi connectivity index (χ1v) is 4.79. The first-order valence-electron chi connectivity index (χ1n) is 4.79. The highest BCUT2D eigenvalue weighted by molar-refractivity contribution is 5.18. The van der Waals surface area contributed by atoms with E-state index in [1.807, 2.05) is 21.1 Å². The van der Waals surface area contributed by atoms with Crippen LogP contribution in [0.25, 0.3) is 0 Å². The van der Waals surface area contributed by atoms with Crippen molar-refractivity contribution in [2.24, 2.45) is 5.92 Å².